The molecule has 0 aliphatic carbocycles. The van der Waals surface area contributed by atoms with Gasteiger partial charge in [0.05, 0.1) is 24.5 Å². The van der Waals surface area contributed by atoms with E-state index in [9.17, 15) is 4.79 Å². The van der Waals surface area contributed by atoms with E-state index in [1.807, 2.05) is 16.7 Å². The Morgan fingerprint density at radius 3 is 3.10 bits per heavy atom. The van der Waals surface area contributed by atoms with Crippen molar-refractivity contribution >= 4 is 11.6 Å². The first-order valence-electron chi connectivity index (χ1n) is 6.94. The van der Waals surface area contributed by atoms with E-state index >= 15 is 0 Å². The van der Waals surface area contributed by atoms with Crippen molar-refractivity contribution in [3.05, 3.63) is 35.8 Å². The molecule has 1 saturated heterocycles. The number of rotatable bonds is 3. The summed E-state index contributed by atoms with van der Waals surface area (Å²) < 4.78 is 12.3. The average Bonchev–Trinajstić information content (AvgIpc) is 2.88. The van der Waals surface area contributed by atoms with Crippen LogP contribution >= 0.6 is 0 Å². The molecule has 2 aromatic heterocycles. The Kier molecular flexibility index (Phi) is 3.69. The molecule has 2 aromatic rings. The maximum atomic E-state index is 11.5. The van der Waals surface area contributed by atoms with E-state index in [0.717, 1.165) is 37.2 Å². The largest absolute Gasteiger partial charge is 0.465 e. The smallest absolute Gasteiger partial charge is 0.339 e. The lowest BCUT2D eigenvalue weighted by Gasteiger charge is -2.21. The Balaban J connectivity index is 1.81. The maximum absolute atomic E-state index is 11.5. The van der Waals surface area contributed by atoms with Crippen LogP contribution in [0.2, 0.25) is 0 Å². The highest BCUT2D eigenvalue weighted by atomic mass is 16.5. The minimum absolute atomic E-state index is 0.272. The number of carbonyl (C=O) groups is 1. The van der Waals surface area contributed by atoms with E-state index in [2.05, 4.69) is 4.98 Å². The van der Waals surface area contributed by atoms with E-state index in [4.69, 9.17) is 9.47 Å². The predicted molar refractivity (Wildman–Crippen MR) is 73.8 cm³/mol. The summed E-state index contributed by atoms with van der Waals surface area (Å²) >= 11 is 0. The molecule has 5 nitrogen and oxygen atoms in total. The molecule has 0 aromatic carbocycles. The summed E-state index contributed by atoms with van der Waals surface area (Å²) in [4.78, 5) is 16.1. The molecule has 1 unspecified atom stereocenters. The first-order chi connectivity index (χ1) is 9.76. The zero-order chi connectivity index (χ0) is 13.9. The van der Waals surface area contributed by atoms with Crippen molar-refractivity contribution in [3.8, 4) is 0 Å². The minimum Gasteiger partial charge on any atom is -0.465 e. The molecular formula is C15H18N2O3. The summed E-state index contributed by atoms with van der Waals surface area (Å²) in [6.45, 7) is 0.852. The van der Waals surface area contributed by atoms with Gasteiger partial charge in [-0.25, -0.2) is 9.78 Å². The van der Waals surface area contributed by atoms with E-state index in [0.29, 0.717) is 5.56 Å². The molecule has 1 aliphatic rings. The van der Waals surface area contributed by atoms with Crippen LogP contribution in [-0.4, -0.2) is 35.2 Å². The summed E-state index contributed by atoms with van der Waals surface area (Å²) in [5, 5.41) is 0. The van der Waals surface area contributed by atoms with Crippen molar-refractivity contribution in [2.75, 3.05) is 13.7 Å². The minimum atomic E-state index is -0.335. The quantitative estimate of drug-likeness (QED) is 0.805. The third-order valence-electron chi connectivity index (χ3n) is 3.63. The molecule has 0 bridgehead atoms. The molecule has 20 heavy (non-hydrogen) atoms. The number of nitrogens with zero attached hydrogens (tertiary/aromatic N) is 2. The lowest BCUT2D eigenvalue weighted by molar-refractivity contribution is 0.0163. The first-order valence-corrected chi connectivity index (χ1v) is 6.94. The van der Waals surface area contributed by atoms with Crippen LogP contribution in [0.25, 0.3) is 5.65 Å². The Labute approximate surface area is 117 Å². The van der Waals surface area contributed by atoms with Crippen LogP contribution in [0.4, 0.5) is 0 Å². The van der Waals surface area contributed by atoms with Gasteiger partial charge in [-0.05, 0) is 31.4 Å². The van der Waals surface area contributed by atoms with Gasteiger partial charge < -0.3 is 13.9 Å². The van der Waals surface area contributed by atoms with Crippen molar-refractivity contribution in [2.45, 2.75) is 31.8 Å². The highest BCUT2D eigenvalue weighted by molar-refractivity contribution is 5.89. The van der Waals surface area contributed by atoms with Crippen LogP contribution in [0.5, 0.6) is 0 Å². The Morgan fingerprint density at radius 2 is 2.35 bits per heavy atom. The van der Waals surface area contributed by atoms with E-state index < -0.39 is 0 Å². The van der Waals surface area contributed by atoms with E-state index in [1.54, 1.807) is 12.3 Å². The molecule has 0 spiro atoms. The van der Waals surface area contributed by atoms with Crippen LogP contribution < -0.4 is 0 Å². The molecule has 1 atom stereocenters. The van der Waals surface area contributed by atoms with Gasteiger partial charge in [-0.3, -0.25) is 0 Å². The van der Waals surface area contributed by atoms with Crippen molar-refractivity contribution in [3.63, 3.8) is 0 Å². The second-order valence-electron chi connectivity index (χ2n) is 5.10. The fraction of sp³-hybridized carbons (Fsp3) is 0.467. The SMILES string of the molecule is COC(=O)c1ccc2nc(CC3CCCCO3)cn2c1. The predicted octanol–water partition coefficient (Wildman–Crippen LogP) is 2.23. The monoisotopic (exact) mass is 274 g/mol. The van der Waals surface area contributed by atoms with Crippen molar-refractivity contribution in [2.24, 2.45) is 0 Å². The number of methoxy groups -OCH3 is 1. The number of esters is 1. The number of ether oxygens (including phenoxy) is 2. The molecular weight excluding hydrogens is 256 g/mol. The van der Waals surface area contributed by atoms with E-state index in [-0.39, 0.29) is 12.1 Å². The Morgan fingerprint density at radius 1 is 1.45 bits per heavy atom. The zero-order valence-electron chi connectivity index (χ0n) is 11.5. The summed E-state index contributed by atoms with van der Waals surface area (Å²) in [6.07, 6.45) is 8.29. The van der Waals surface area contributed by atoms with Crippen LogP contribution in [0.15, 0.2) is 24.5 Å². The second-order valence-corrected chi connectivity index (χ2v) is 5.10. The molecule has 0 radical (unpaired) electrons. The number of carbonyl (C=O) groups excluding carboxylic acids is 1. The summed E-state index contributed by atoms with van der Waals surface area (Å²) in [5.74, 6) is -0.335. The van der Waals surface area contributed by atoms with Gasteiger partial charge in [0, 0.05) is 25.4 Å². The van der Waals surface area contributed by atoms with Gasteiger partial charge in [-0.2, -0.15) is 0 Å². The topological polar surface area (TPSA) is 52.8 Å². The van der Waals surface area contributed by atoms with Gasteiger partial charge in [-0.15, -0.1) is 0 Å². The summed E-state index contributed by atoms with van der Waals surface area (Å²) in [7, 11) is 1.38. The van der Waals surface area contributed by atoms with Crippen LogP contribution in [0.3, 0.4) is 0 Å². The first kappa shape index (κ1) is 13.1. The normalized spacial score (nSPS) is 19.1. The van der Waals surface area contributed by atoms with Gasteiger partial charge in [0.2, 0.25) is 0 Å². The number of hydrogen-bond donors (Lipinski definition) is 0. The standard InChI is InChI=1S/C15H18N2O3/c1-19-15(18)11-5-6-14-16-12(10-17(14)9-11)8-13-4-2-3-7-20-13/h5-6,9-10,13H,2-4,7-8H2,1H3. The molecule has 1 aliphatic heterocycles. The second kappa shape index (κ2) is 5.63. The summed E-state index contributed by atoms with van der Waals surface area (Å²) in [6, 6.07) is 3.56. The molecule has 5 heteroatoms. The number of aromatic nitrogens is 2. The van der Waals surface area contributed by atoms with Crippen molar-refractivity contribution in [1.29, 1.82) is 0 Å². The summed E-state index contributed by atoms with van der Waals surface area (Å²) in [5.41, 5.74) is 2.36. The van der Waals surface area contributed by atoms with Crippen LogP contribution in [0.1, 0.15) is 35.3 Å². The Bertz CT molecular complexity index is 615. The molecule has 0 N–H and O–H groups in total. The van der Waals surface area contributed by atoms with Gasteiger partial charge in [0.25, 0.3) is 0 Å². The lowest BCUT2D eigenvalue weighted by Crippen LogP contribution is -2.21. The number of imidazole rings is 1. The third-order valence-corrected chi connectivity index (χ3v) is 3.63. The molecule has 0 amide bonds. The van der Waals surface area contributed by atoms with Crippen molar-refractivity contribution < 1.29 is 14.3 Å². The average molecular weight is 274 g/mol. The van der Waals surface area contributed by atoms with Crippen LogP contribution in [0, 0.1) is 0 Å². The van der Waals surface area contributed by atoms with Gasteiger partial charge >= 0.3 is 5.97 Å². The number of pyridine rings is 1. The Hall–Kier alpha value is -1.88. The van der Waals surface area contributed by atoms with Gasteiger partial charge in [-0.1, -0.05) is 0 Å². The lowest BCUT2D eigenvalue weighted by atomic mass is 10.1. The van der Waals surface area contributed by atoms with Crippen molar-refractivity contribution in [1.82, 2.24) is 9.38 Å². The zero-order valence-corrected chi connectivity index (χ0v) is 11.5. The van der Waals surface area contributed by atoms with Gasteiger partial charge in [0.1, 0.15) is 5.65 Å². The molecule has 3 rings (SSSR count). The third kappa shape index (κ3) is 2.67. The molecule has 0 saturated carbocycles. The number of fused-ring (bicyclic) bond motifs is 1. The highest BCUT2D eigenvalue weighted by Crippen LogP contribution is 2.17. The fourth-order valence-corrected chi connectivity index (χ4v) is 2.58. The number of hydrogen-bond acceptors (Lipinski definition) is 4. The molecule has 106 valence electrons. The van der Waals surface area contributed by atoms with E-state index in [1.165, 1.54) is 13.5 Å². The van der Waals surface area contributed by atoms with Crippen LogP contribution in [-0.2, 0) is 15.9 Å². The molecule has 3 heterocycles. The maximum Gasteiger partial charge on any atom is 0.339 e. The van der Waals surface area contributed by atoms with Gasteiger partial charge in [0.15, 0.2) is 0 Å². The highest BCUT2D eigenvalue weighted by Gasteiger charge is 2.16. The fourth-order valence-electron chi connectivity index (χ4n) is 2.58. The molecule has 1 fully saturated rings.